The molecule has 1 saturated carbocycles. The van der Waals surface area contributed by atoms with Gasteiger partial charge in [-0.1, -0.05) is 11.6 Å². The largest absolute Gasteiger partial charge is 0.406 e. The topological polar surface area (TPSA) is 53.3 Å². The van der Waals surface area contributed by atoms with Gasteiger partial charge in [0.25, 0.3) is 0 Å². The van der Waals surface area contributed by atoms with Crippen molar-refractivity contribution in [1.82, 2.24) is 24.6 Å². The molecular weight excluding hydrogens is 510 g/mol. The van der Waals surface area contributed by atoms with Gasteiger partial charge in [0.05, 0.1) is 18.4 Å². The number of hydrogen-bond acceptors (Lipinski definition) is 6. The van der Waals surface area contributed by atoms with Gasteiger partial charge in [-0.15, -0.1) is 10.2 Å². The van der Waals surface area contributed by atoms with Crippen molar-refractivity contribution in [3.63, 3.8) is 0 Å². The third-order valence-electron chi connectivity index (χ3n) is 8.29. The minimum absolute atomic E-state index is 0.0567. The third-order valence-corrected chi connectivity index (χ3v) is 8.53. The smallest absolute Gasteiger partial charge is 0.355 e. The van der Waals surface area contributed by atoms with Gasteiger partial charge >= 0.3 is 6.18 Å². The molecule has 0 amide bonds. The zero-order valence-corrected chi connectivity index (χ0v) is 20.8. The van der Waals surface area contributed by atoms with Crippen LogP contribution in [0.1, 0.15) is 29.8 Å². The Morgan fingerprint density at radius 2 is 1.70 bits per heavy atom. The Balaban J connectivity index is 1.15. The lowest BCUT2D eigenvalue weighted by Gasteiger charge is -2.60. The normalized spacial score (nSPS) is 21.7. The quantitative estimate of drug-likeness (QED) is 0.462. The summed E-state index contributed by atoms with van der Waals surface area (Å²) in [5.74, 6) is 1.58. The fourth-order valence-corrected chi connectivity index (χ4v) is 6.31. The monoisotopic (exact) mass is 533 g/mol. The van der Waals surface area contributed by atoms with Gasteiger partial charge in [-0.05, 0) is 55.2 Å². The van der Waals surface area contributed by atoms with Crippen molar-refractivity contribution in [1.29, 1.82) is 0 Å². The summed E-state index contributed by atoms with van der Waals surface area (Å²) < 4.78 is 57.6. The number of fused-ring (bicyclic) bond motifs is 3. The maximum atomic E-state index is 14.0. The molecule has 0 unspecified atom stereocenters. The zero-order valence-electron chi connectivity index (χ0n) is 20.1. The van der Waals surface area contributed by atoms with E-state index in [4.69, 9.17) is 11.6 Å². The predicted molar refractivity (Wildman–Crippen MR) is 129 cm³/mol. The van der Waals surface area contributed by atoms with E-state index in [9.17, 15) is 17.6 Å². The van der Waals surface area contributed by atoms with Gasteiger partial charge in [-0.25, -0.2) is 9.37 Å². The van der Waals surface area contributed by atoms with Crippen LogP contribution in [0.25, 0.3) is 5.69 Å². The molecule has 3 aromatic rings. The Hall–Kier alpha value is -2.92. The molecule has 2 aromatic heterocycles. The number of anilines is 2. The molecule has 1 spiro atoms. The Bertz CT molecular complexity index is 1400. The highest BCUT2D eigenvalue weighted by Gasteiger charge is 2.67. The number of halogens is 5. The Labute approximate surface area is 215 Å². The van der Waals surface area contributed by atoms with E-state index in [0.717, 1.165) is 43.2 Å². The zero-order chi connectivity index (χ0) is 25.7. The molecule has 0 bridgehead atoms. The van der Waals surface area contributed by atoms with Crippen molar-refractivity contribution in [2.75, 3.05) is 36.0 Å². The summed E-state index contributed by atoms with van der Waals surface area (Å²) in [6.07, 6.45) is -2.89. The molecule has 12 heteroatoms. The van der Waals surface area contributed by atoms with Crippen LogP contribution in [0.5, 0.6) is 0 Å². The lowest BCUT2D eigenvalue weighted by atomic mass is 9.73. The van der Waals surface area contributed by atoms with E-state index in [2.05, 4.69) is 25.0 Å². The van der Waals surface area contributed by atoms with Crippen molar-refractivity contribution >= 4 is 23.4 Å². The van der Waals surface area contributed by atoms with E-state index < -0.39 is 11.7 Å². The molecule has 1 aromatic carbocycles. The van der Waals surface area contributed by atoms with Gasteiger partial charge in [0.15, 0.2) is 5.82 Å². The number of alkyl halides is 3. The molecule has 3 aliphatic heterocycles. The minimum Gasteiger partial charge on any atom is -0.355 e. The fourth-order valence-electron chi connectivity index (χ4n) is 6.12. The van der Waals surface area contributed by atoms with Gasteiger partial charge in [0.1, 0.15) is 17.2 Å². The van der Waals surface area contributed by atoms with Crippen LogP contribution in [0.15, 0.2) is 30.5 Å². The number of aryl methyl sites for hydroxylation is 1. The van der Waals surface area contributed by atoms with E-state index in [0.29, 0.717) is 22.4 Å². The van der Waals surface area contributed by atoms with Crippen LogP contribution in [-0.2, 0) is 13.1 Å². The SMILES string of the molecule is Cc1cc(N2CC3(C2)CN(c2nnc4n2-c2ccc(Cl)cc2CN(C2(C(F)(F)F)CC2)C4)C3)ncc1F. The first-order chi connectivity index (χ1) is 17.6. The van der Waals surface area contributed by atoms with Crippen molar-refractivity contribution in [3.05, 3.63) is 58.3 Å². The van der Waals surface area contributed by atoms with E-state index in [1.165, 1.54) is 11.1 Å². The van der Waals surface area contributed by atoms with Crippen LogP contribution in [0.4, 0.5) is 29.3 Å². The number of aromatic nitrogens is 4. The van der Waals surface area contributed by atoms with E-state index in [-0.39, 0.29) is 37.2 Å². The highest BCUT2D eigenvalue weighted by molar-refractivity contribution is 6.30. The molecule has 0 atom stereocenters. The predicted octanol–water partition coefficient (Wildman–Crippen LogP) is 4.50. The van der Waals surface area contributed by atoms with Crippen molar-refractivity contribution in [2.24, 2.45) is 5.41 Å². The number of hydrogen-bond donors (Lipinski definition) is 0. The molecule has 5 heterocycles. The lowest BCUT2D eigenvalue weighted by molar-refractivity contribution is -0.200. The number of pyridine rings is 1. The highest BCUT2D eigenvalue weighted by atomic mass is 35.5. The fraction of sp³-hybridized carbons (Fsp3) is 0.480. The molecule has 194 valence electrons. The number of rotatable bonds is 3. The molecule has 2 saturated heterocycles. The lowest BCUT2D eigenvalue weighted by Crippen LogP contribution is -2.73. The minimum atomic E-state index is -4.32. The number of benzene rings is 1. The summed E-state index contributed by atoms with van der Waals surface area (Å²) in [6.45, 7) is 5.03. The van der Waals surface area contributed by atoms with Crippen LogP contribution in [0.2, 0.25) is 5.02 Å². The first-order valence-corrected chi connectivity index (χ1v) is 12.6. The van der Waals surface area contributed by atoms with Crippen LogP contribution >= 0.6 is 11.6 Å². The van der Waals surface area contributed by atoms with Crippen LogP contribution in [-0.4, -0.2) is 62.5 Å². The summed E-state index contributed by atoms with van der Waals surface area (Å²) in [5, 5.41) is 9.28. The van der Waals surface area contributed by atoms with Crippen molar-refractivity contribution in [2.45, 2.75) is 44.6 Å². The molecule has 0 radical (unpaired) electrons. The Morgan fingerprint density at radius 3 is 2.38 bits per heavy atom. The Morgan fingerprint density at radius 1 is 0.973 bits per heavy atom. The van der Waals surface area contributed by atoms with Gasteiger partial charge in [0.2, 0.25) is 5.95 Å². The second-order valence-electron chi connectivity index (χ2n) is 10.9. The van der Waals surface area contributed by atoms with Gasteiger partial charge in [-0.3, -0.25) is 9.47 Å². The van der Waals surface area contributed by atoms with E-state index in [1.807, 2.05) is 10.6 Å². The van der Waals surface area contributed by atoms with Crippen LogP contribution < -0.4 is 9.80 Å². The third kappa shape index (κ3) is 3.46. The van der Waals surface area contributed by atoms with Crippen molar-refractivity contribution < 1.29 is 17.6 Å². The van der Waals surface area contributed by atoms with Crippen LogP contribution in [0, 0.1) is 18.2 Å². The second kappa shape index (κ2) is 7.57. The maximum Gasteiger partial charge on any atom is 0.406 e. The average Bonchev–Trinajstić information content (AvgIpc) is 3.54. The summed E-state index contributed by atoms with van der Waals surface area (Å²) in [6, 6.07) is 7.10. The van der Waals surface area contributed by atoms with Gasteiger partial charge in [-0.2, -0.15) is 13.2 Å². The molecule has 3 fully saturated rings. The molecule has 4 aliphatic rings. The average molecular weight is 534 g/mol. The van der Waals surface area contributed by atoms with E-state index in [1.54, 1.807) is 25.1 Å². The van der Waals surface area contributed by atoms with E-state index >= 15 is 0 Å². The van der Waals surface area contributed by atoms with Gasteiger partial charge < -0.3 is 9.80 Å². The standard InChI is InChI=1S/C25H24ClF4N7/c1-15-6-20(31-8-18(15)27)34-11-23(12-34)13-35(14-23)22-33-32-21-10-36(24(4-5-24)25(28,29)30)9-16-7-17(26)2-3-19(16)37(21)22/h2-3,6-8H,4-5,9-14H2,1H3. The number of nitrogens with zero attached hydrogens (tertiary/aromatic N) is 7. The first kappa shape index (κ1) is 23.2. The van der Waals surface area contributed by atoms with Crippen molar-refractivity contribution in [3.8, 4) is 5.69 Å². The summed E-state index contributed by atoms with van der Waals surface area (Å²) in [7, 11) is 0. The highest BCUT2D eigenvalue weighted by Crippen LogP contribution is 2.55. The molecule has 7 nitrogen and oxygen atoms in total. The maximum absolute atomic E-state index is 14.0. The second-order valence-corrected chi connectivity index (χ2v) is 11.4. The molecule has 0 N–H and O–H groups in total. The summed E-state index contributed by atoms with van der Waals surface area (Å²) in [4.78, 5) is 9.96. The molecule has 37 heavy (non-hydrogen) atoms. The summed E-state index contributed by atoms with van der Waals surface area (Å²) >= 11 is 6.26. The molecule has 7 rings (SSSR count). The van der Waals surface area contributed by atoms with Crippen LogP contribution in [0.3, 0.4) is 0 Å². The summed E-state index contributed by atoms with van der Waals surface area (Å²) in [5.41, 5.74) is 0.313. The molecular formula is C25H24ClF4N7. The first-order valence-electron chi connectivity index (χ1n) is 12.2. The van der Waals surface area contributed by atoms with Gasteiger partial charge in [0, 0.05) is 43.2 Å². The Kier molecular flexibility index (Phi) is 4.75. The molecule has 1 aliphatic carbocycles.